The van der Waals surface area contributed by atoms with Gasteiger partial charge < -0.3 is 9.72 Å². The third kappa shape index (κ3) is 2.88. The number of hydrogen-bond acceptors (Lipinski definition) is 6. The summed E-state index contributed by atoms with van der Waals surface area (Å²) in [5.74, 6) is 0.598. The maximum atomic E-state index is 14.1. The van der Waals surface area contributed by atoms with E-state index in [0.717, 1.165) is 22.1 Å². The molecule has 0 unspecified atom stereocenters. The van der Waals surface area contributed by atoms with Crippen LogP contribution in [0.5, 0.6) is 5.75 Å². The molecule has 156 valence electrons. The molecular formula is C22H15FN8O. The standard InChI is InChI=1S/C22H15FN8O/c1-32-15-5-11(4-14(23)7-15)16-2-3-24-21-18(16)28-22(29-21)19-17-6-12(13-9-26-27-10-13)8-25-20(17)31-30-19/h2-10H,1H3,(H,26,27)(H,24,28,29)(H,25,30,31). The average Bonchev–Trinajstić information content (AvgIpc) is 3.56. The predicted molar refractivity (Wildman–Crippen MR) is 116 cm³/mol. The van der Waals surface area contributed by atoms with Gasteiger partial charge >= 0.3 is 0 Å². The number of methoxy groups -OCH3 is 1. The molecule has 3 N–H and O–H groups in total. The van der Waals surface area contributed by atoms with Gasteiger partial charge in [0.25, 0.3) is 0 Å². The molecule has 0 fully saturated rings. The molecule has 0 aliphatic rings. The predicted octanol–water partition coefficient (Wildman–Crippen LogP) is 4.10. The third-order valence-electron chi connectivity index (χ3n) is 5.29. The van der Waals surface area contributed by atoms with Gasteiger partial charge in [-0.15, -0.1) is 0 Å². The van der Waals surface area contributed by atoms with Gasteiger partial charge in [0.2, 0.25) is 0 Å². The van der Waals surface area contributed by atoms with Crippen LogP contribution in [0, 0.1) is 5.82 Å². The molecule has 6 aromatic rings. The van der Waals surface area contributed by atoms with Gasteiger partial charge in [0.1, 0.15) is 17.3 Å². The number of hydrogen-bond donors (Lipinski definition) is 3. The molecule has 0 amide bonds. The van der Waals surface area contributed by atoms with Gasteiger partial charge in [0, 0.05) is 41.3 Å². The maximum Gasteiger partial charge on any atom is 0.181 e. The van der Waals surface area contributed by atoms with E-state index in [1.165, 1.54) is 19.2 Å². The number of pyridine rings is 2. The van der Waals surface area contributed by atoms with Crippen LogP contribution < -0.4 is 4.74 Å². The van der Waals surface area contributed by atoms with Gasteiger partial charge in [-0.2, -0.15) is 10.2 Å². The number of nitrogens with zero attached hydrogens (tertiary/aromatic N) is 5. The van der Waals surface area contributed by atoms with Crippen LogP contribution in [-0.4, -0.2) is 47.4 Å². The van der Waals surface area contributed by atoms with Gasteiger partial charge in [-0.05, 0) is 29.8 Å². The van der Waals surface area contributed by atoms with Crippen LogP contribution >= 0.6 is 0 Å². The molecule has 0 bridgehead atoms. The minimum absolute atomic E-state index is 0.388. The Morgan fingerprint density at radius 3 is 2.75 bits per heavy atom. The summed E-state index contributed by atoms with van der Waals surface area (Å²) in [7, 11) is 1.50. The number of nitrogens with one attached hydrogen (secondary N) is 3. The van der Waals surface area contributed by atoms with Gasteiger partial charge in [-0.1, -0.05) is 0 Å². The van der Waals surface area contributed by atoms with Crippen molar-refractivity contribution in [3.05, 3.63) is 60.9 Å². The van der Waals surface area contributed by atoms with Crippen molar-refractivity contribution in [2.45, 2.75) is 0 Å². The topological polar surface area (TPSA) is 121 Å². The Morgan fingerprint density at radius 1 is 0.969 bits per heavy atom. The molecule has 32 heavy (non-hydrogen) atoms. The van der Waals surface area contributed by atoms with E-state index >= 15 is 0 Å². The summed E-state index contributed by atoms with van der Waals surface area (Å²) in [6, 6.07) is 8.34. The normalized spacial score (nSPS) is 11.4. The van der Waals surface area contributed by atoms with E-state index in [4.69, 9.17) is 4.74 Å². The summed E-state index contributed by atoms with van der Waals surface area (Å²) in [6.45, 7) is 0. The lowest BCUT2D eigenvalue weighted by Gasteiger charge is -2.06. The second-order valence-electron chi connectivity index (χ2n) is 7.20. The first-order valence-corrected chi connectivity index (χ1v) is 9.73. The molecule has 0 aliphatic carbocycles. The highest BCUT2D eigenvalue weighted by atomic mass is 19.1. The first-order valence-electron chi connectivity index (χ1n) is 9.73. The largest absolute Gasteiger partial charge is 0.497 e. The van der Waals surface area contributed by atoms with E-state index in [1.807, 2.05) is 12.1 Å². The van der Waals surface area contributed by atoms with Gasteiger partial charge in [-0.25, -0.2) is 19.3 Å². The fraction of sp³-hybridized carbons (Fsp3) is 0.0455. The summed E-state index contributed by atoms with van der Waals surface area (Å²) < 4.78 is 19.3. The molecule has 0 spiro atoms. The second kappa shape index (κ2) is 6.98. The van der Waals surface area contributed by atoms with Crippen LogP contribution in [0.3, 0.4) is 0 Å². The van der Waals surface area contributed by atoms with Crippen molar-refractivity contribution in [2.75, 3.05) is 7.11 Å². The minimum Gasteiger partial charge on any atom is -0.497 e. The van der Waals surface area contributed by atoms with Crippen molar-refractivity contribution < 1.29 is 9.13 Å². The van der Waals surface area contributed by atoms with Crippen molar-refractivity contribution in [2.24, 2.45) is 0 Å². The zero-order valence-corrected chi connectivity index (χ0v) is 16.7. The van der Waals surface area contributed by atoms with Crippen LogP contribution in [0.15, 0.2) is 55.1 Å². The first-order chi connectivity index (χ1) is 15.7. The SMILES string of the molecule is COc1cc(F)cc(-c2ccnc3nc(-c4[nH]nc5ncc(-c6cn[nH]c6)cc45)[nH]c23)c1. The van der Waals surface area contributed by atoms with Crippen LogP contribution in [0.25, 0.3) is 56.0 Å². The quantitative estimate of drug-likeness (QED) is 0.390. The fourth-order valence-electron chi connectivity index (χ4n) is 3.75. The Labute approximate surface area is 179 Å². The van der Waals surface area contributed by atoms with E-state index in [9.17, 15) is 4.39 Å². The number of fused-ring (bicyclic) bond motifs is 2. The number of aromatic amines is 3. The van der Waals surface area contributed by atoms with E-state index in [0.29, 0.717) is 39.6 Å². The van der Waals surface area contributed by atoms with Crippen molar-refractivity contribution in [3.63, 3.8) is 0 Å². The number of ether oxygens (including phenoxy) is 1. The number of rotatable bonds is 4. The van der Waals surface area contributed by atoms with Crippen molar-refractivity contribution in [1.82, 2.24) is 40.3 Å². The van der Waals surface area contributed by atoms with Crippen molar-refractivity contribution >= 4 is 22.2 Å². The van der Waals surface area contributed by atoms with Crippen LogP contribution in [0.4, 0.5) is 4.39 Å². The van der Waals surface area contributed by atoms with Gasteiger partial charge in [-0.3, -0.25) is 10.2 Å². The Kier molecular flexibility index (Phi) is 3.97. The summed E-state index contributed by atoms with van der Waals surface area (Å²) in [4.78, 5) is 16.8. The smallest absolute Gasteiger partial charge is 0.181 e. The highest BCUT2D eigenvalue weighted by Crippen LogP contribution is 2.33. The summed E-state index contributed by atoms with van der Waals surface area (Å²) >= 11 is 0. The number of halogens is 1. The molecule has 0 atom stereocenters. The Morgan fingerprint density at radius 2 is 1.91 bits per heavy atom. The molecule has 0 saturated heterocycles. The minimum atomic E-state index is -0.388. The molecule has 5 heterocycles. The monoisotopic (exact) mass is 426 g/mol. The van der Waals surface area contributed by atoms with Crippen LogP contribution in [0.2, 0.25) is 0 Å². The first kappa shape index (κ1) is 18.2. The molecule has 10 heteroatoms. The van der Waals surface area contributed by atoms with Crippen molar-refractivity contribution in [1.29, 1.82) is 0 Å². The number of H-pyrrole nitrogens is 3. The molecule has 1 aromatic carbocycles. The van der Waals surface area contributed by atoms with E-state index < -0.39 is 0 Å². The highest BCUT2D eigenvalue weighted by Gasteiger charge is 2.17. The third-order valence-corrected chi connectivity index (χ3v) is 5.29. The molecular weight excluding hydrogens is 411 g/mol. The van der Waals surface area contributed by atoms with E-state index in [-0.39, 0.29) is 5.82 Å². The number of benzene rings is 1. The Bertz CT molecular complexity index is 1580. The molecule has 0 aliphatic heterocycles. The second-order valence-corrected chi connectivity index (χ2v) is 7.20. The van der Waals surface area contributed by atoms with Gasteiger partial charge in [0.15, 0.2) is 17.1 Å². The summed E-state index contributed by atoms with van der Waals surface area (Å²) in [5.41, 5.74) is 5.65. The zero-order valence-electron chi connectivity index (χ0n) is 16.7. The maximum absolute atomic E-state index is 14.1. The molecule has 0 radical (unpaired) electrons. The molecule has 5 aromatic heterocycles. The molecule has 9 nitrogen and oxygen atoms in total. The molecule has 6 rings (SSSR count). The zero-order chi connectivity index (χ0) is 21.7. The average molecular weight is 426 g/mol. The summed E-state index contributed by atoms with van der Waals surface area (Å²) in [6.07, 6.45) is 6.91. The Hall–Kier alpha value is -4.60. The lowest BCUT2D eigenvalue weighted by Crippen LogP contribution is -1.88. The Balaban J connectivity index is 1.51. The number of imidazole rings is 1. The molecule has 0 saturated carbocycles. The van der Waals surface area contributed by atoms with Crippen molar-refractivity contribution in [3.8, 4) is 39.5 Å². The summed E-state index contributed by atoms with van der Waals surface area (Å²) in [5, 5.41) is 14.9. The lowest BCUT2D eigenvalue weighted by atomic mass is 10.1. The number of aromatic nitrogens is 8. The van der Waals surface area contributed by atoms with Gasteiger partial charge in [0.05, 0.1) is 24.2 Å². The van der Waals surface area contributed by atoms with E-state index in [2.05, 4.69) is 40.3 Å². The highest BCUT2D eigenvalue weighted by molar-refractivity contribution is 5.96. The lowest BCUT2D eigenvalue weighted by molar-refractivity contribution is 0.411. The van der Waals surface area contributed by atoms with Crippen LogP contribution in [-0.2, 0) is 0 Å². The van der Waals surface area contributed by atoms with E-state index in [1.54, 1.807) is 30.9 Å². The van der Waals surface area contributed by atoms with Crippen LogP contribution in [0.1, 0.15) is 0 Å². The fourth-order valence-corrected chi connectivity index (χ4v) is 3.75.